The Kier molecular flexibility index (Phi) is 5.63. The summed E-state index contributed by atoms with van der Waals surface area (Å²) in [5, 5.41) is 0.0395. The molecule has 0 radical (unpaired) electrons. The van der Waals surface area contributed by atoms with Gasteiger partial charge in [0.1, 0.15) is 0 Å². The molecule has 102 valence electrons. The van der Waals surface area contributed by atoms with Gasteiger partial charge in [-0.3, -0.25) is 0 Å². The second kappa shape index (κ2) is 6.55. The SMILES string of the molecule is CCCCS(=O)(=O)C(C)C(N)c1ccc(Cl)cc1. The summed E-state index contributed by atoms with van der Waals surface area (Å²) < 4.78 is 24.1. The van der Waals surface area contributed by atoms with Gasteiger partial charge < -0.3 is 5.73 Å². The lowest BCUT2D eigenvalue weighted by molar-refractivity contribution is 0.562. The molecule has 3 nitrogen and oxygen atoms in total. The van der Waals surface area contributed by atoms with E-state index in [-0.39, 0.29) is 5.75 Å². The zero-order valence-electron chi connectivity index (χ0n) is 10.8. The molecule has 5 heteroatoms. The first-order valence-corrected chi connectivity index (χ1v) is 8.20. The van der Waals surface area contributed by atoms with Crippen molar-refractivity contribution in [2.75, 3.05) is 5.75 Å². The lowest BCUT2D eigenvalue weighted by Crippen LogP contribution is -2.32. The molecule has 1 aromatic carbocycles. The molecule has 2 N–H and O–H groups in total. The average Bonchev–Trinajstić information content (AvgIpc) is 2.35. The molecule has 0 saturated heterocycles. The van der Waals surface area contributed by atoms with Crippen molar-refractivity contribution in [2.24, 2.45) is 5.73 Å². The smallest absolute Gasteiger partial charge is 0.154 e. The standard InChI is InChI=1S/C13H20ClNO2S/c1-3-4-9-18(16,17)10(2)13(15)11-5-7-12(14)8-6-11/h5-8,10,13H,3-4,9,15H2,1-2H3. The predicted octanol–water partition coefficient (Wildman–Crippen LogP) is 2.94. The third-order valence-corrected chi connectivity index (χ3v) is 5.65. The van der Waals surface area contributed by atoms with E-state index in [2.05, 4.69) is 0 Å². The van der Waals surface area contributed by atoms with E-state index in [1.54, 1.807) is 31.2 Å². The zero-order chi connectivity index (χ0) is 13.8. The van der Waals surface area contributed by atoms with Crippen LogP contribution in [0.25, 0.3) is 0 Å². The van der Waals surface area contributed by atoms with Gasteiger partial charge in [0.15, 0.2) is 9.84 Å². The number of nitrogens with two attached hydrogens (primary N) is 1. The number of rotatable bonds is 6. The fourth-order valence-corrected chi connectivity index (χ4v) is 3.50. The number of benzene rings is 1. The molecular weight excluding hydrogens is 270 g/mol. The van der Waals surface area contributed by atoms with E-state index in [9.17, 15) is 8.42 Å². The molecular formula is C13H20ClNO2S. The van der Waals surface area contributed by atoms with Crippen molar-refractivity contribution >= 4 is 21.4 Å². The van der Waals surface area contributed by atoms with Gasteiger partial charge in [0, 0.05) is 11.1 Å². The molecule has 0 amide bonds. The van der Waals surface area contributed by atoms with Crippen molar-refractivity contribution in [3.8, 4) is 0 Å². The fourth-order valence-electron chi connectivity index (χ4n) is 1.71. The molecule has 2 unspecified atom stereocenters. The van der Waals surface area contributed by atoms with Gasteiger partial charge in [-0.25, -0.2) is 8.42 Å². The van der Waals surface area contributed by atoms with Crippen molar-refractivity contribution in [3.05, 3.63) is 34.9 Å². The molecule has 2 atom stereocenters. The second-order valence-electron chi connectivity index (χ2n) is 4.50. The van der Waals surface area contributed by atoms with E-state index in [4.69, 9.17) is 17.3 Å². The molecule has 0 spiro atoms. The molecule has 0 heterocycles. The van der Waals surface area contributed by atoms with Crippen LogP contribution in [0.3, 0.4) is 0 Å². The van der Waals surface area contributed by atoms with Crippen LogP contribution in [0.1, 0.15) is 38.3 Å². The van der Waals surface area contributed by atoms with Crippen LogP contribution in [-0.4, -0.2) is 19.4 Å². The Bertz CT molecular complexity index is 470. The first-order valence-electron chi connectivity index (χ1n) is 6.11. The minimum Gasteiger partial charge on any atom is -0.323 e. The molecule has 0 aliphatic carbocycles. The summed E-state index contributed by atoms with van der Waals surface area (Å²) in [6.45, 7) is 3.64. The van der Waals surface area contributed by atoms with Crippen molar-refractivity contribution in [1.82, 2.24) is 0 Å². The summed E-state index contributed by atoms with van der Waals surface area (Å²) in [6.07, 6.45) is 1.54. The number of halogens is 1. The van der Waals surface area contributed by atoms with Crippen molar-refractivity contribution < 1.29 is 8.42 Å². The predicted molar refractivity (Wildman–Crippen MR) is 76.5 cm³/mol. The summed E-state index contributed by atoms with van der Waals surface area (Å²) in [5.74, 6) is 0.200. The van der Waals surface area contributed by atoms with Gasteiger partial charge in [-0.2, -0.15) is 0 Å². The van der Waals surface area contributed by atoms with Crippen molar-refractivity contribution in [3.63, 3.8) is 0 Å². The monoisotopic (exact) mass is 289 g/mol. The maximum Gasteiger partial charge on any atom is 0.154 e. The Morgan fingerprint density at radius 3 is 2.33 bits per heavy atom. The van der Waals surface area contributed by atoms with E-state index in [1.807, 2.05) is 6.92 Å². The third-order valence-electron chi connectivity index (χ3n) is 3.11. The molecule has 0 aliphatic rings. The number of hydrogen-bond donors (Lipinski definition) is 1. The van der Waals surface area contributed by atoms with E-state index < -0.39 is 21.1 Å². The van der Waals surface area contributed by atoms with Gasteiger partial charge in [0.05, 0.1) is 11.0 Å². The Hall–Kier alpha value is -0.580. The lowest BCUT2D eigenvalue weighted by atomic mass is 10.1. The Morgan fingerprint density at radius 1 is 1.28 bits per heavy atom. The summed E-state index contributed by atoms with van der Waals surface area (Å²) in [7, 11) is -3.14. The zero-order valence-corrected chi connectivity index (χ0v) is 12.3. The van der Waals surface area contributed by atoms with Crippen molar-refractivity contribution in [2.45, 2.75) is 38.0 Å². The maximum absolute atomic E-state index is 12.1. The Balaban J connectivity index is 2.83. The largest absolute Gasteiger partial charge is 0.323 e. The Labute approximate surface area is 114 Å². The van der Waals surface area contributed by atoms with Crippen LogP contribution in [0.15, 0.2) is 24.3 Å². The third kappa shape index (κ3) is 3.97. The lowest BCUT2D eigenvalue weighted by Gasteiger charge is -2.20. The van der Waals surface area contributed by atoms with E-state index in [0.29, 0.717) is 11.4 Å². The van der Waals surface area contributed by atoms with E-state index in [0.717, 1.165) is 12.0 Å². The van der Waals surface area contributed by atoms with Crippen molar-refractivity contribution in [1.29, 1.82) is 0 Å². The second-order valence-corrected chi connectivity index (χ2v) is 7.42. The van der Waals surface area contributed by atoms with Crippen LogP contribution in [0.4, 0.5) is 0 Å². The highest BCUT2D eigenvalue weighted by atomic mass is 35.5. The van der Waals surface area contributed by atoms with Gasteiger partial charge in [0.25, 0.3) is 0 Å². The molecule has 18 heavy (non-hydrogen) atoms. The highest BCUT2D eigenvalue weighted by Gasteiger charge is 2.27. The van der Waals surface area contributed by atoms with Gasteiger partial charge in [0.2, 0.25) is 0 Å². The van der Waals surface area contributed by atoms with Gasteiger partial charge in [-0.1, -0.05) is 37.1 Å². The van der Waals surface area contributed by atoms with Crippen LogP contribution in [0.5, 0.6) is 0 Å². The minimum atomic E-state index is -3.14. The summed E-state index contributed by atoms with van der Waals surface area (Å²) in [6, 6.07) is 6.49. The van der Waals surface area contributed by atoms with Crippen LogP contribution < -0.4 is 5.73 Å². The summed E-state index contributed by atoms with van der Waals surface area (Å²) in [4.78, 5) is 0. The molecule has 1 rings (SSSR count). The highest BCUT2D eigenvalue weighted by molar-refractivity contribution is 7.92. The molecule has 0 fully saturated rings. The summed E-state index contributed by atoms with van der Waals surface area (Å²) >= 11 is 5.80. The maximum atomic E-state index is 12.1. The fraction of sp³-hybridized carbons (Fsp3) is 0.538. The van der Waals surface area contributed by atoms with Crippen LogP contribution in [0, 0.1) is 0 Å². The summed E-state index contributed by atoms with van der Waals surface area (Å²) in [5.41, 5.74) is 6.82. The van der Waals surface area contributed by atoms with Gasteiger partial charge in [-0.05, 0) is 31.0 Å². The average molecular weight is 290 g/mol. The number of hydrogen-bond acceptors (Lipinski definition) is 3. The Morgan fingerprint density at radius 2 is 1.83 bits per heavy atom. The first kappa shape index (κ1) is 15.5. The van der Waals surface area contributed by atoms with Crippen LogP contribution in [0.2, 0.25) is 5.02 Å². The van der Waals surface area contributed by atoms with Gasteiger partial charge >= 0.3 is 0 Å². The molecule has 0 aromatic heterocycles. The quantitative estimate of drug-likeness (QED) is 0.876. The normalized spacial score (nSPS) is 15.3. The topological polar surface area (TPSA) is 60.2 Å². The minimum absolute atomic E-state index is 0.200. The first-order chi connectivity index (χ1) is 8.38. The highest BCUT2D eigenvalue weighted by Crippen LogP contribution is 2.22. The van der Waals surface area contributed by atoms with E-state index >= 15 is 0 Å². The molecule has 0 saturated carbocycles. The number of sulfone groups is 1. The van der Waals surface area contributed by atoms with Gasteiger partial charge in [-0.15, -0.1) is 0 Å². The number of unbranched alkanes of at least 4 members (excludes halogenated alkanes) is 1. The van der Waals surface area contributed by atoms with Crippen LogP contribution >= 0.6 is 11.6 Å². The van der Waals surface area contributed by atoms with E-state index in [1.165, 1.54) is 0 Å². The molecule has 0 aliphatic heterocycles. The molecule has 0 bridgehead atoms. The molecule has 1 aromatic rings. The van der Waals surface area contributed by atoms with Crippen LogP contribution in [-0.2, 0) is 9.84 Å².